The first-order valence-corrected chi connectivity index (χ1v) is 7.87. The molecule has 1 fully saturated rings. The third-order valence-electron chi connectivity index (χ3n) is 3.75. The Labute approximate surface area is 128 Å². The minimum absolute atomic E-state index is 0.380. The highest BCUT2D eigenvalue weighted by Crippen LogP contribution is 2.18. The van der Waals surface area contributed by atoms with Gasteiger partial charge in [-0.05, 0) is 23.6 Å². The van der Waals surface area contributed by atoms with Gasteiger partial charge in [-0.1, -0.05) is 64.5 Å². The Bertz CT molecular complexity index is 556. The largest absolute Gasteiger partial charge is 0.300 e. The monoisotopic (exact) mass is 330 g/mol. The van der Waals surface area contributed by atoms with Crippen LogP contribution in [0.5, 0.6) is 0 Å². The molecule has 104 valence electrons. The molecule has 1 saturated heterocycles. The predicted octanol–water partition coefficient (Wildman–Crippen LogP) is 3.12. The van der Waals surface area contributed by atoms with Crippen molar-refractivity contribution in [1.29, 1.82) is 0 Å². The molecule has 2 nitrogen and oxygen atoms in total. The highest BCUT2D eigenvalue weighted by Gasteiger charge is 2.23. The summed E-state index contributed by atoms with van der Waals surface area (Å²) in [6.07, 6.45) is 2.47. The van der Waals surface area contributed by atoms with E-state index in [1.54, 1.807) is 0 Å². The zero-order chi connectivity index (χ0) is 13.8. The van der Waals surface area contributed by atoms with Crippen LogP contribution in [0.3, 0.4) is 0 Å². The predicted molar refractivity (Wildman–Crippen MR) is 86.7 cm³/mol. The van der Waals surface area contributed by atoms with E-state index >= 15 is 0 Å². The van der Waals surface area contributed by atoms with Crippen molar-refractivity contribution in [3.8, 4) is 0 Å². The minimum Gasteiger partial charge on any atom is -0.300 e. The first-order valence-electron chi connectivity index (χ1n) is 7.08. The van der Waals surface area contributed by atoms with Crippen molar-refractivity contribution in [1.82, 2.24) is 10.6 Å². The quantitative estimate of drug-likeness (QED) is 0.900. The maximum Gasteiger partial charge on any atom is 0.0616 e. The van der Waals surface area contributed by atoms with Crippen LogP contribution in [-0.2, 0) is 12.8 Å². The van der Waals surface area contributed by atoms with Crippen molar-refractivity contribution in [3.63, 3.8) is 0 Å². The van der Waals surface area contributed by atoms with Gasteiger partial charge in [-0.2, -0.15) is 0 Å². The van der Waals surface area contributed by atoms with Gasteiger partial charge in [-0.3, -0.25) is 5.32 Å². The number of halogens is 1. The normalized spacial score (nSPS) is 22.1. The van der Waals surface area contributed by atoms with Gasteiger partial charge < -0.3 is 5.32 Å². The van der Waals surface area contributed by atoms with Crippen molar-refractivity contribution >= 4 is 15.9 Å². The van der Waals surface area contributed by atoms with Crippen LogP contribution in [-0.4, -0.2) is 18.8 Å². The van der Waals surface area contributed by atoms with E-state index in [2.05, 4.69) is 81.2 Å². The molecule has 1 heterocycles. The van der Waals surface area contributed by atoms with Crippen LogP contribution < -0.4 is 10.6 Å². The summed E-state index contributed by atoms with van der Waals surface area (Å²) >= 11 is 3.62. The molecule has 1 aliphatic rings. The van der Waals surface area contributed by atoms with Crippen LogP contribution in [0.4, 0.5) is 0 Å². The van der Waals surface area contributed by atoms with Crippen molar-refractivity contribution in [2.75, 3.05) is 6.54 Å². The molecule has 2 atom stereocenters. The molecular formula is C17H19BrN2. The van der Waals surface area contributed by atoms with E-state index in [4.69, 9.17) is 0 Å². The molecule has 0 aromatic heterocycles. The Morgan fingerprint density at radius 2 is 1.70 bits per heavy atom. The lowest BCUT2D eigenvalue weighted by atomic mass is 10.1. The van der Waals surface area contributed by atoms with Crippen LogP contribution >= 0.6 is 15.9 Å². The fourth-order valence-electron chi connectivity index (χ4n) is 2.73. The molecule has 2 aromatic rings. The van der Waals surface area contributed by atoms with Gasteiger partial charge in [0.05, 0.1) is 6.17 Å². The maximum absolute atomic E-state index is 3.68. The summed E-state index contributed by atoms with van der Waals surface area (Å²) < 4.78 is 1.20. The zero-order valence-electron chi connectivity index (χ0n) is 11.4. The molecule has 3 rings (SSSR count). The van der Waals surface area contributed by atoms with Gasteiger partial charge in [0.25, 0.3) is 0 Å². The molecule has 0 aliphatic carbocycles. The first kappa shape index (κ1) is 13.8. The number of rotatable bonds is 4. The molecule has 2 N–H and O–H groups in total. The second-order valence-corrected chi connectivity index (χ2v) is 6.16. The van der Waals surface area contributed by atoms with Crippen molar-refractivity contribution < 1.29 is 0 Å². The van der Waals surface area contributed by atoms with Crippen molar-refractivity contribution in [3.05, 3.63) is 70.2 Å². The molecule has 3 heteroatoms. The fraction of sp³-hybridized carbons (Fsp3) is 0.294. The lowest BCUT2D eigenvalue weighted by Gasteiger charge is -2.14. The van der Waals surface area contributed by atoms with E-state index < -0.39 is 0 Å². The molecule has 2 aromatic carbocycles. The molecule has 1 aliphatic heterocycles. The lowest BCUT2D eigenvalue weighted by Crippen LogP contribution is -2.36. The lowest BCUT2D eigenvalue weighted by molar-refractivity contribution is 0.516. The van der Waals surface area contributed by atoms with E-state index in [1.165, 1.54) is 15.6 Å². The summed E-state index contributed by atoms with van der Waals surface area (Å²) in [4.78, 5) is 0. The Balaban J connectivity index is 1.56. The summed E-state index contributed by atoms with van der Waals surface area (Å²) in [6.45, 7) is 1.03. The number of benzene rings is 2. The highest BCUT2D eigenvalue weighted by atomic mass is 79.9. The molecule has 0 radical (unpaired) electrons. The first-order chi connectivity index (χ1) is 9.81. The van der Waals surface area contributed by atoms with E-state index in [0.717, 1.165) is 19.4 Å². The molecule has 0 saturated carbocycles. The van der Waals surface area contributed by atoms with Gasteiger partial charge in [0.15, 0.2) is 0 Å². The zero-order valence-corrected chi connectivity index (χ0v) is 12.9. The Hall–Kier alpha value is -1.16. The minimum atomic E-state index is 0.380. The van der Waals surface area contributed by atoms with Crippen LogP contribution in [0.1, 0.15) is 11.1 Å². The fourth-order valence-corrected chi connectivity index (χ4v) is 3.17. The van der Waals surface area contributed by atoms with Gasteiger partial charge in [0, 0.05) is 23.5 Å². The summed E-state index contributed by atoms with van der Waals surface area (Å²) in [7, 11) is 0. The van der Waals surface area contributed by atoms with Crippen molar-refractivity contribution in [2.45, 2.75) is 25.0 Å². The molecule has 0 bridgehead atoms. The van der Waals surface area contributed by atoms with Gasteiger partial charge in [-0.15, -0.1) is 0 Å². The third-order valence-corrected chi connectivity index (χ3v) is 4.53. The second-order valence-electron chi connectivity index (χ2n) is 5.31. The van der Waals surface area contributed by atoms with E-state index in [1.807, 2.05) is 0 Å². The number of nitrogens with one attached hydrogen (secondary N) is 2. The summed E-state index contributed by atoms with van der Waals surface area (Å²) in [5, 5.41) is 7.25. The second kappa shape index (κ2) is 6.53. The number of hydrogen-bond acceptors (Lipinski definition) is 2. The standard InChI is InChI=1S/C17H19BrN2/c18-16-9-5-4-8-14(16)11-15-12-19-17(20-15)10-13-6-2-1-3-7-13/h1-9,15,17,19-20H,10-12H2. The molecule has 2 unspecified atom stereocenters. The molecule has 0 amide bonds. The summed E-state index contributed by atoms with van der Waals surface area (Å²) in [5.74, 6) is 0. The Morgan fingerprint density at radius 1 is 0.950 bits per heavy atom. The SMILES string of the molecule is Brc1ccccc1CC1CNC(Cc2ccccc2)N1. The summed E-state index contributed by atoms with van der Waals surface area (Å²) in [5.41, 5.74) is 2.74. The van der Waals surface area contributed by atoms with Gasteiger partial charge in [-0.25, -0.2) is 0 Å². The summed E-state index contributed by atoms with van der Waals surface area (Å²) in [6, 6.07) is 19.6. The van der Waals surface area contributed by atoms with Gasteiger partial charge in [0.2, 0.25) is 0 Å². The van der Waals surface area contributed by atoms with Gasteiger partial charge in [0.1, 0.15) is 0 Å². The van der Waals surface area contributed by atoms with Crippen LogP contribution in [0.15, 0.2) is 59.1 Å². The topological polar surface area (TPSA) is 24.1 Å². The van der Waals surface area contributed by atoms with Crippen molar-refractivity contribution in [2.24, 2.45) is 0 Å². The van der Waals surface area contributed by atoms with E-state index in [0.29, 0.717) is 12.2 Å². The third kappa shape index (κ3) is 3.48. The highest BCUT2D eigenvalue weighted by molar-refractivity contribution is 9.10. The molecule has 20 heavy (non-hydrogen) atoms. The molecule has 0 spiro atoms. The number of hydrogen-bond donors (Lipinski definition) is 2. The average molecular weight is 331 g/mol. The van der Waals surface area contributed by atoms with Crippen LogP contribution in [0, 0.1) is 0 Å². The van der Waals surface area contributed by atoms with Crippen LogP contribution in [0.2, 0.25) is 0 Å². The Kier molecular flexibility index (Phi) is 4.51. The smallest absolute Gasteiger partial charge is 0.0616 e. The molecular weight excluding hydrogens is 312 g/mol. The average Bonchev–Trinajstić information content (AvgIpc) is 2.90. The maximum atomic E-state index is 3.68. The van der Waals surface area contributed by atoms with E-state index in [-0.39, 0.29) is 0 Å². The van der Waals surface area contributed by atoms with Gasteiger partial charge >= 0.3 is 0 Å². The Morgan fingerprint density at radius 3 is 2.50 bits per heavy atom. The van der Waals surface area contributed by atoms with E-state index in [9.17, 15) is 0 Å². The van der Waals surface area contributed by atoms with Crippen LogP contribution in [0.25, 0.3) is 0 Å².